The van der Waals surface area contributed by atoms with Crippen LogP contribution in [0.2, 0.25) is 0 Å². The molecule has 3 heterocycles. The summed E-state index contributed by atoms with van der Waals surface area (Å²) in [5.41, 5.74) is 6.46. The zero-order valence-corrected chi connectivity index (χ0v) is 17.2. The number of anilines is 3. The van der Waals surface area contributed by atoms with Crippen molar-refractivity contribution in [2.75, 3.05) is 10.6 Å². The number of H-pyrrole nitrogens is 1. The molecule has 0 bridgehead atoms. The minimum Gasteiger partial charge on any atom is -0.349 e. The summed E-state index contributed by atoms with van der Waals surface area (Å²) >= 11 is 0. The van der Waals surface area contributed by atoms with E-state index in [-0.39, 0.29) is 18.2 Å². The van der Waals surface area contributed by atoms with Gasteiger partial charge in [-0.15, -0.1) is 0 Å². The number of nitrogens with one attached hydrogen (secondary N) is 4. The molecule has 30 heavy (non-hydrogen) atoms. The van der Waals surface area contributed by atoms with E-state index in [1.54, 1.807) is 0 Å². The van der Waals surface area contributed by atoms with E-state index in [4.69, 9.17) is 4.84 Å². The standard InChI is InChI=1S/C22H27N7O/c1-13-10-20(25-21-12-17(27-28-21)16-8-9-16)26-22(23-13)24-14(2)19-11-18(29-30-19)15-6-4-3-5-7-15/h3-7,10,12,14,16,18-19,29H,8-9,11H2,1-2H3,(H3,23,24,25,26,27,28). The summed E-state index contributed by atoms with van der Waals surface area (Å²) < 4.78 is 0. The molecule has 1 aliphatic heterocycles. The Kier molecular flexibility index (Phi) is 5.10. The van der Waals surface area contributed by atoms with E-state index in [1.165, 1.54) is 24.1 Å². The molecule has 1 saturated carbocycles. The van der Waals surface area contributed by atoms with Crippen molar-refractivity contribution in [3.63, 3.8) is 0 Å². The topological polar surface area (TPSA) is 99.8 Å². The molecule has 0 amide bonds. The van der Waals surface area contributed by atoms with Crippen LogP contribution in [0, 0.1) is 6.92 Å². The molecule has 8 heteroatoms. The predicted octanol–water partition coefficient (Wildman–Crippen LogP) is 3.96. The molecule has 2 fully saturated rings. The third-order valence-corrected chi connectivity index (χ3v) is 5.67. The van der Waals surface area contributed by atoms with Crippen LogP contribution >= 0.6 is 0 Å². The molecule has 156 valence electrons. The smallest absolute Gasteiger partial charge is 0.225 e. The Labute approximate surface area is 175 Å². The lowest BCUT2D eigenvalue weighted by atomic mass is 10.00. The Morgan fingerprint density at radius 2 is 1.93 bits per heavy atom. The molecule has 0 radical (unpaired) electrons. The number of hydrogen-bond donors (Lipinski definition) is 4. The van der Waals surface area contributed by atoms with Gasteiger partial charge in [-0.25, -0.2) is 4.98 Å². The highest BCUT2D eigenvalue weighted by molar-refractivity contribution is 5.54. The lowest BCUT2D eigenvalue weighted by molar-refractivity contribution is 0.0192. The monoisotopic (exact) mass is 405 g/mol. The molecule has 0 spiro atoms. The highest BCUT2D eigenvalue weighted by Gasteiger charge is 2.31. The normalized spacial score (nSPS) is 22.1. The maximum atomic E-state index is 5.84. The number of nitrogens with zero attached hydrogens (tertiary/aromatic N) is 3. The van der Waals surface area contributed by atoms with Crippen LogP contribution in [0.25, 0.3) is 0 Å². The van der Waals surface area contributed by atoms with Crippen molar-refractivity contribution < 1.29 is 4.84 Å². The minimum atomic E-state index is 0.0168. The van der Waals surface area contributed by atoms with Gasteiger partial charge in [0.25, 0.3) is 0 Å². The summed E-state index contributed by atoms with van der Waals surface area (Å²) in [6.45, 7) is 4.05. The maximum absolute atomic E-state index is 5.84. The SMILES string of the molecule is Cc1cc(Nc2cc(C3CC3)[nH]n2)nc(NC(C)C2CC(c3ccccc3)NO2)n1. The molecular formula is C22H27N7O. The van der Waals surface area contributed by atoms with E-state index < -0.39 is 0 Å². The fourth-order valence-electron chi connectivity index (χ4n) is 3.82. The van der Waals surface area contributed by atoms with Gasteiger partial charge in [0, 0.05) is 29.4 Å². The lowest BCUT2D eigenvalue weighted by Gasteiger charge is -2.19. The van der Waals surface area contributed by atoms with Gasteiger partial charge in [0.1, 0.15) is 11.9 Å². The highest BCUT2D eigenvalue weighted by atomic mass is 16.7. The van der Waals surface area contributed by atoms with Crippen LogP contribution in [0.15, 0.2) is 42.5 Å². The average Bonchev–Trinajstić information content (AvgIpc) is 3.28. The van der Waals surface area contributed by atoms with Crippen molar-refractivity contribution in [3.05, 3.63) is 59.4 Å². The average molecular weight is 406 g/mol. The summed E-state index contributed by atoms with van der Waals surface area (Å²) in [5.74, 6) is 2.72. The van der Waals surface area contributed by atoms with Crippen LogP contribution in [0.1, 0.15) is 55.1 Å². The van der Waals surface area contributed by atoms with Crippen molar-refractivity contribution in [3.8, 4) is 0 Å². The molecule has 3 atom stereocenters. The van der Waals surface area contributed by atoms with Gasteiger partial charge in [-0.2, -0.15) is 15.6 Å². The van der Waals surface area contributed by atoms with E-state index in [2.05, 4.69) is 61.4 Å². The summed E-state index contributed by atoms with van der Waals surface area (Å²) in [7, 11) is 0. The van der Waals surface area contributed by atoms with Gasteiger partial charge in [0.2, 0.25) is 5.95 Å². The second kappa shape index (κ2) is 8.04. The molecular weight excluding hydrogens is 378 g/mol. The van der Waals surface area contributed by atoms with Crippen molar-refractivity contribution in [2.24, 2.45) is 0 Å². The van der Waals surface area contributed by atoms with Gasteiger partial charge in [-0.1, -0.05) is 30.3 Å². The second-order valence-electron chi connectivity index (χ2n) is 8.23. The zero-order valence-electron chi connectivity index (χ0n) is 17.2. The number of aromatic amines is 1. The molecule has 1 saturated heterocycles. The summed E-state index contributed by atoms with van der Waals surface area (Å²) in [5, 5.41) is 14.1. The molecule has 1 aromatic carbocycles. The van der Waals surface area contributed by atoms with Gasteiger partial charge in [0.15, 0.2) is 5.82 Å². The largest absolute Gasteiger partial charge is 0.349 e. The van der Waals surface area contributed by atoms with Gasteiger partial charge in [-0.3, -0.25) is 9.94 Å². The number of hydrogen-bond acceptors (Lipinski definition) is 7. The molecule has 4 N–H and O–H groups in total. The molecule has 3 aromatic rings. The van der Waals surface area contributed by atoms with Crippen LogP contribution in [0.4, 0.5) is 17.6 Å². The summed E-state index contributed by atoms with van der Waals surface area (Å²) in [4.78, 5) is 15.0. The Balaban J connectivity index is 1.23. The third kappa shape index (κ3) is 4.29. The first-order valence-corrected chi connectivity index (χ1v) is 10.5. The maximum Gasteiger partial charge on any atom is 0.225 e. The fraction of sp³-hybridized carbons (Fsp3) is 0.409. The fourth-order valence-corrected chi connectivity index (χ4v) is 3.82. The van der Waals surface area contributed by atoms with Crippen LogP contribution in [0.5, 0.6) is 0 Å². The van der Waals surface area contributed by atoms with Gasteiger partial charge >= 0.3 is 0 Å². The zero-order chi connectivity index (χ0) is 20.5. The van der Waals surface area contributed by atoms with E-state index in [0.717, 1.165) is 23.8 Å². The van der Waals surface area contributed by atoms with E-state index in [1.807, 2.05) is 31.2 Å². The summed E-state index contributed by atoms with van der Waals surface area (Å²) in [6.07, 6.45) is 3.38. The number of aryl methyl sites for hydroxylation is 1. The van der Waals surface area contributed by atoms with Gasteiger partial charge in [0.05, 0.1) is 12.1 Å². The van der Waals surface area contributed by atoms with Crippen LogP contribution in [-0.4, -0.2) is 32.3 Å². The van der Waals surface area contributed by atoms with Crippen molar-refractivity contribution >= 4 is 17.6 Å². The van der Waals surface area contributed by atoms with E-state index in [0.29, 0.717) is 11.9 Å². The number of hydroxylamine groups is 1. The van der Waals surface area contributed by atoms with Crippen LogP contribution in [0.3, 0.4) is 0 Å². The first-order valence-electron chi connectivity index (χ1n) is 10.5. The van der Waals surface area contributed by atoms with Crippen molar-refractivity contribution in [1.29, 1.82) is 0 Å². The molecule has 3 unspecified atom stereocenters. The number of benzene rings is 1. The predicted molar refractivity (Wildman–Crippen MR) is 116 cm³/mol. The van der Waals surface area contributed by atoms with Crippen molar-refractivity contribution in [2.45, 2.75) is 57.2 Å². The highest BCUT2D eigenvalue weighted by Crippen LogP contribution is 2.39. The van der Waals surface area contributed by atoms with Crippen LogP contribution < -0.4 is 16.1 Å². The number of rotatable bonds is 7. The third-order valence-electron chi connectivity index (χ3n) is 5.67. The molecule has 2 aliphatic rings. The van der Waals surface area contributed by atoms with E-state index in [9.17, 15) is 0 Å². The first-order chi connectivity index (χ1) is 14.6. The molecule has 8 nitrogen and oxygen atoms in total. The second-order valence-corrected chi connectivity index (χ2v) is 8.23. The summed E-state index contributed by atoms with van der Waals surface area (Å²) in [6, 6.07) is 14.6. The quantitative estimate of drug-likeness (QED) is 0.472. The Morgan fingerprint density at radius 1 is 1.10 bits per heavy atom. The number of aromatic nitrogens is 4. The van der Waals surface area contributed by atoms with E-state index >= 15 is 0 Å². The van der Waals surface area contributed by atoms with Gasteiger partial charge < -0.3 is 10.6 Å². The van der Waals surface area contributed by atoms with Crippen LogP contribution in [-0.2, 0) is 4.84 Å². The molecule has 5 rings (SSSR count). The first kappa shape index (κ1) is 19.0. The van der Waals surface area contributed by atoms with Gasteiger partial charge in [-0.05, 0) is 38.7 Å². The molecule has 2 aromatic heterocycles. The Bertz CT molecular complexity index is 1000. The van der Waals surface area contributed by atoms with Crippen molar-refractivity contribution in [1.82, 2.24) is 25.6 Å². The lowest BCUT2D eigenvalue weighted by Crippen LogP contribution is -2.31. The minimum absolute atomic E-state index is 0.0168. The molecule has 1 aliphatic carbocycles. The Hall–Kier alpha value is -2.97. The Morgan fingerprint density at radius 3 is 2.73 bits per heavy atom.